The molecule has 1 saturated heterocycles. The number of sulfonamides is 1. The van der Waals surface area contributed by atoms with Crippen LogP contribution in [0.3, 0.4) is 0 Å². The fourth-order valence-electron chi connectivity index (χ4n) is 3.11. The maximum absolute atomic E-state index is 13.8. The summed E-state index contributed by atoms with van der Waals surface area (Å²) < 4.78 is 73.2. The summed E-state index contributed by atoms with van der Waals surface area (Å²) in [5.41, 5.74) is 0.0413. The highest BCUT2D eigenvalue weighted by atomic mass is 35.5. The maximum Gasteiger partial charge on any atom is 0.274 e. The van der Waals surface area contributed by atoms with Gasteiger partial charge in [-0.25, -0.2) is 21.6 Å². The van der Waals surface area contributed by atoms with Crippen LogP contribution < -0.4 is 4.74 Å². The van der Waals surface area contributed by atoms with Crippen LogP contribution in [0.1, 0.15) is 12.8 Å². The molecule has 0 bridgehead atoms. The Morgan fingerprint density at radius 3 is 2.52 bits per heavy atom. The van der Waals surface area contributed by atoms with Gasteiger partial charge in [0.2, 0.25) is 10.0 Å². The van der Waals surface area contributed by atoms with E-state index < -0.39 is 27.5 Å². The number of hydrogen-bond donors (Lipinski definition) is 0. The van der Waals surface area contributed by atoms with Gasteiger partial charge in [0, 0.05) is 19.2 Å². The van der Waals surface area contributed by atoms with Crippen molar-refractivity contribution < 1.29 is 26.3 Å². The van der Waals surface area contributed by atoms with E-state index in [0.717, 1.165) is 29.5 Å². The second-order valence-corrected chi connectivity index (χ2v) is 9.85. The fourth-order valence-corrected chi connectivity index (χ4v) is 5.77. The highest BCUT2D eigenvalue weighted by Gasteiger charge is 2.31. The highest BCUT2D eigenvalue weighted by Crippen LogP contribution is 2.32. The lowest BCUT2D eigenvalue weighted by molar-refractivity contribution is 0.135. The second-order valence-electron chi connectivity index (χ2n) is 6.51. The molecule has 3 aromatic rings. The quantitative estimate of drug-likeness (QED) is 0.568. The normalized spacial score (nSPS) is 16.4. The molecular weight excluding hydrogens is 449 g/mol. The van der Waals surface area contributed by atoms with Crippen LogP contribution in [0.4, 0.5) is 13.2 Å². The van der Waals surface area contributed by atoms with E-state index in [2.05, 4.69) is 4.98 Å². The molecular formula is C18H14ClF3N2O3S2. The van der Waals surface area contributed by atoms with E-state index in [1.54, 1.807) is 0 Å². The van der Waals surface area contributed by atoms with Crippen LogP contribution in [0.2, 0.25) is 5.02 Å². The standard InChI is InChI=1S/C18H14ClF3N2O3S2/c19-13-9-12(1-2-14(13)21)29(25,26)24-5-3-11(4-6-24)27-18-23-17-15(22)7-10(20)8-16(17)28-18/h1-2,7-9,11H,3-6H2. The summed E-state index contributed by atoms with van der Waals surface area (Å²) in [5, 5.41) is -0.0556. The molecule has 0 unspecified atom stereocenters. The molecule has 1 aliphatic rings. The Morgan fingerprint density at radius 1 is 1.10 bits per heavy atom. The Hall–Kier alpha value is -1.88. The van der Waals surface area contributed by atoms with Gasteiger partial charge in [0.05, 0.1) is 14.6 Å². The zero-order valence-electron chi connectivity index (χ0n) is 14.7. The molecule has 1 fully saturated rings. The van der Waals surface area contributed by atoms with Crippen LogP contribution in [0.25, 0.3) is 10.2 Å². The number of nitrogens with zero attached hydrogens (tertiary/aromatic N) is 2. The van der Waals surface area contributed by atoms with Crippen molar-refractivity contribution in [3.05, 3.63) is 52.8 Å². The molecule has 1 aliphatic heterocycles. The molecule has 4 rings (SSSR count). The van der Waals surface area contributed by atoms with Gasteiger partial charge in [-0.2, -0.15) is 9.29 Å². The smallest absolute Gasteiger partial charge is 0.274 e. The molecule has 0 atom stereocenters. The first-order valence-corrected chi connectivity index (χ1v) is 11.2. The van der Waals surface area contributed by atoms with Gasteiger partial charge in [-0.15, -0.1) is 0 Å². The third-order valence-electron chi connectivity index (χ3n) is 4.59. The van der Waals surface area contributed by atoms with Gasteiger partial charge >= 0.3 is 0 Å². The topological polar surface area (TPSA) is 59.5 Å². The summed E-state index contributed by atoms with van der Waals surface area (Å²) in [6.45, 7) is 0.381. The maximum atomic E-state index is 13.8. The van der Waals surface area contributed by atoms with Gasteiger partial charge in [0.1, 0.15) is 23.3 Å². The molecule has 0 saturated carbocycles. The van der Waals surface area contributed by atoms with E-state index >= 15 is 0 Å². The van der Waals surface area contributed by atoms with Gasteiger partial charge in [-0.1, -0.05) is 22.9 Å². The Kier molecular flexibility index (Phi) is 5.45. The summed E-state index contributed by atoms with van der Waals surface area (Å²) in [6.07, 6.45) is 0.466. The molecule has 5 nitrogen and oxygen atoms in total. The monoisotopic (exact) mass is 462 g/mol. The number of hydrogen-bond acceptors (Lipinski definition) is 5. The van der Waals surface area contributed by atoms with Crippen LogP contribution in [0.15, 0.2) is 35.2 Å². The van der Waals surface area contributed by atoms with Crippen molar-refractivity contribution in [1.29, 1.82) is 0 Å². The minimum absolute atomic E-state index is 0.0413. The van der Waals surface area contributed by atoms with E-state index in [0.29, 0.717) is 17.5 Å². The van der Waals surface area contributed by atoms with Gasteiger partial charge in [-0.3, -0.25) is 0 Å². The fraction of sp³-hybridized carbons (Fsp3) is 0.278. The molecule has 0 spiro atoms. The van der Waals surface area contributed by atoms with E-state index in [-0.39, 0.29) is 39.8 Å². The minimum atomic E-state index is -3.81. The average Bonchev–Trinajstić information content (AvgIpc) is 3.07. The van der Waals surface area contributed by atoms with E-state index in [1.165, 1.54) is 16.4 Å². The Balaban J connectivity index is 1.44. The van der Waals surface area contributed by atoms with Gasteiger partial charge in [0.15, 0.2) is 5.82 Å². The SMILES string of the molecule is O=S(=O)(c1ccc(F)c(Cl)c1)N1CCC(Oc2nc3c(F)cc(F)cc3s2)CC1. The van der Waals surface area contributed by atoms with Gasteiger partial charge in [0.25, 0.3) is 5.19 Å². The number of fused-ring (bicyclic) bond motifs is 1. The summed E-state index contributed by atoms with van der Waals surface area (Å²) >= 11 is 6.72. The number of benzene rings is 2. The third kappa shape index (κ3) is 4.07. The average molecular weight is 463 g/mol. The van der Waals surface area contributed by atoms with Crippen LogP contribution in [0.5, 0.6) is 5.19 Å². The van der Waals surface area contributed by atoms with E-state index in [1.807, 2.05) is 0 Å². The molecule has 29 heavy (non-hydrogen) atoms. The van der Waals surface area contributed by atoms with Crippen LogP contribution >= 0.6 is 22.9 Å². The molecule has 11 heteroatoms. The predicted octanol–water partition coefficient (Wildman–Crippen LogP) is 4.60. The summed E-state index contributed by atoms with van der Waals surface area (Å²) in [5.74, 6) is -2.14. The number of halogens is 4. The first kappa shape index (κ1) is 20.4. The van der Waals surface area contributed by atoms with E-state index in [4.69, 9.17) is 16.3 Å². The highest BCUT2D eigenvalue weighted by molar-refractivity contribution is 7.89. The number of rotatable bonds is 4. The largest absolute Gasteiger partial charge is 0.467 e. The van der Waals surface area contributed by atoms with Crippen molar-refractivity contribution >= 4 is 43.2 Å². The lowest BCUT2D eigenvalue weighted by atomic mass is 10.1. The number of thiazole rings is 1. The molecule has 0 aliphatic carbocycles. The Bertz CT molecular complexity index is 1180. The Labute approximate surface area is 173 Å². The molecule has 1 aromatic heterocycles. The minimum Gasteiger partial charge on any atom is -0.467 e. The van der Waals surface area contributed by atoms with Crippen molar-refractivity contribution in [3.8, 4) is 5.19 Å². The molecule has 2 heterocycles. The number of piperidine rings is 1. The zero-order valence-corrected chi connectivity index (χ0v) is 17.1. The molecule has 0 amide bonds. The Morgan fingerprint density at radius 2 is 1.83 bits per heavy atom. The molecule has 2 aromatic carbocycles. The van der Waals surface area contributed by atoms with Crippen molar-refractivity contribution in [1.82, 2.24) is 9.29 Å². The number of aromatic nitrogens is 1. The number of ether oxygens (including phenoxy) is 1. The van der Waals surface area contributed by atoms with Gasteiger partial charge in [-0.05, 0) is 37.1 Å². The summed E-state index contributed by atoms with van der Waals surface area (Å²) in [4.78, 5) is 3.98. The van der Waals surface area contributed by atoms with Crippen molar-refractivity contribution in [2.45, 2.75) is 23.8 Å². The second kappa shape index (κ2) is 7.75. The lowest BCUT2D eigenvalue weighted by Crippen LogP contribution is -2.41. The van der Waals surface area contributed by atoms with E-state index in [9.17, 15) is 21.6 Å². The zero-order chi connectivity index (χ0) is 20.8. The lowest BCUT2D eigenvalue weighted by Gasteiger charge is -2.30. The molecule has 154 valence electrons. The third-order valence-corrected chi connectivity index (χ3v) is 7.67. The summed E-state index contributed by atoms with van der Waals surface area (Å²) in [7, 11) is -3.81. The molecule has 0 N–H and O–H groups in total. The summed E-state index contributed by atoms with van der Waals surface area (Å²) in [6, 6.07) is 5.22. The van der Waals surface area contributed by atoms with Crippen LogP contribution in [-0.4, -0.2) is 36.9 Å². The van der Waals surface area contributed by atoms with Crippen LogP contribution in [-0.2, 0) is 10.0 Å². The first-order chi connectivity index (χ1) is 13.7. The van der Waals surface area contributed by atoms with Gasteiger partial charge < -0.3 is 4.74 Å². The predicted molar refractivity (Wildman–Crippen MR) is 103 cm³/mol. The van der Waals surface area contributed by atoms with Crippen molar-refractivity contribution in [3.63, 3.8) is 0 Å². The first-order valence-electron chi connectivity index (χ1n) is 8.61. The van der Waals surface area contributed by atoms with Crippen molar-refractivity contribution in [2.75, 3.05) is 13.1 Å². The van der Waals surface area contributed by atoms with Crippen LogP contribution in [0, 0.1) is 17.5 Å². The van der Waals surface area contributed by atoms with Crippen molar-refractivity contribution in [2.24, 2.45) is 0 Å². The molecule has 0 radical (unpaired) electrons.